The highest BCUT2D eigenvalue weighted by Gasteiger charge is 2.36. The topological polar surface area (TPSA) is 93.0 Å². The zero-order valence-corrected chi connectivity index (χ0v) is 19.9. The largest absolute Gasteiger partial charge is 0.349 e. The molecule has 0 fully saturated rings. The van der Waals surface area contributed by atoms with Gasteiger partial charge in [0.2, 0.25) is 11.8 Å². The summed E-state index contributed by atoms with van der Waals surface area (Å²) in [7, 11) is 0. The summed E-state index contributed by atoms with van der Waals surface area (Å²) in [6, 6.07) is 15.3. The van der Waals surface area contributed by atoms with E-state index in [1.54, 1.807) is 36.5 Å². The van der Waals surface area contributed by atoms with Crippen LogP contribution < -0.4 is 10.2 Å². The SMILES string of the molecule is CCC(C)(C)NC(=O)C(c1cccnc1)N(C(=O)Cn1nnc2ccccc21)c1ccccc1F. The molecule has 0 aliphatic heterocycles. The molecule has 0 saturated carbocycles. The second-order valence-corrected chi connectivity index (χ2v) is 8.87. The standard InChI is InChI=1S/C26H27FN6O2/c1-4-26(2,3)29-25(35)24(18-10-9-15-28-16-18)33(21-13-7-5-11-19(21)27)23(34)17-32-22-14-8-6-12-20(22)30-31-32/h5-16,24H,4,17H2,1-3H3,(H,29,35). The summed E-state index contributed by atoms with van der Waals surface area (Å²) in [5.41, 5.74) is 1.19. The van der Waals surface area contributed by atoms with E-state index in [1.165, 1.54) is 34.0 Å². The lowest BCUT2D eigenvalue weighted by Gasteiger charge is -2.34. The number of rotatable bonds is 8. The molecule has 0 aliphatic rings. The fourth-order valence-electron chi connectivity index (χ4n) is 3.75. The molecule has 1 atom stereocenters. The van der Waals surface area contributed by atoms with Gasteiger partial charge in [-0.25, -0.2) is 9.07 Å². The minimum Gasteiger partial charge on any atom is -0.349 e. The Kier molecular flexibility index (Phi) is 6.86. The van der Waals surface area contributed by atoms with Crippen molar-refractivity contribution >= 4 is 28.5 Å². The van der Waals surface area contributed by atoms with Gasteiger partial charge in [0, 0.05) is 23.5 Å². The summed E-state index contributed by atoms with van der Waals surface area (Å²) in [5.74, 6) is -1.59. The second-order valence-electron chi connectivity index (χ2n) is 8.87. The van der Waals surface area contributed by atoms with Crippen molar-refractivity contribution in [1.82, 2.24) is 25.3 Å². The molecule has 9 heteroatoms. The van der Waals surface area contributed by atoms with Crippen molar-refractivity contribution in [1.29, 1.82) is 0 Å². The molecule has 8 nitrogen and oxygen atoms in total. The number of carbonyl (C=O) groups is 2. The fraction of sp³-hybridized carbons (Fsp3) is 0.269. The monoisotopic (exact) mass is 474 g/mol. The normalized spacial score (nSPS) is 12.3. The minimum atomic E-state index is -1.16. The van der Waals surface area contributed by atoms with Gasteiger partial charge in [0.1, 0.15) is 23.9 Å². The van der Waals surface area contributed by atoms with Gasteiger partial charge in [-0.1, -0.05) is 42.5 Å². The van der Waals surface area contributed by atoms with E-state index in [0.717, 1.165) is 0 Å². The third-order valence-corrected chi connectivity index (χ3v) is 5.94. The number of carbonyl (C=O) groups excluding carboxylic acids is 2. The molecular weight excluding hydrogens is 447 g/mol. The van der Waals surface area contributed by atoms with Gasteiger partial charge in [-0.15, -0.1) is 5.10 Å². The molecule has 2 amide bonds. The quantitative estimate of drug-likeness (QED) is 0.416. The highest BCUT2D eigenvalue weighted by Crippen LogP contribution is 2.31. The van der Waals surface area contributed by atoms with E-state index in [0.29, 0.717) is 23.0 Å². The van der Waals surface area contributed by atoms with Crippen LogP contribution in [0.1, 0.15) is 38.8 Å². The molecule has 0 radical (unpaired) electrons. The van der Waals surface area contributed by atoms with Gasteiger partial charge in [-0.3, -0.25) is 19.5 Å². The highest BCUT2D eigenvalue weighted by atomic mass is 19.1. The maximum Gasteiger partial charge on any atom is 0.249 e. The van der Waals surface area contributed by atoms with Crippen molar-refractivity contribution in [2.24, 2.45) is 0 Å². The number of hydrogen-bond donors (Lipinski definition) is 1. The fourth-order valence-corrected chi connectivity index (χ4v) is 3.75. The van der Waals surface area contributed by atoms with E-state index in [2.05, 4.69) is 20.6 Å². The predicted molar refractivity (Wildman–Crippen MR) is 131 cm³/mol. The Bertz CT molecular complexity index is 1340. The highest BCUT2D eigenvalue weighted by molar-refractivity contribution is 6.01. The van der Waals surface area contributed by atoms with Gasteiger partial charge in [0.05, 0.1) is 11.2 Å². The Labute approximate surface area is 202 Å². The maximum atomic E-state index is 15.1. The van der Waals surface area contributed by atoms with E-state index in [9.17, 15) is 9.59 Å². The number of anilines is 1. The average Bonchev–Trinajstić information content (AvgIpc) is 3.26. The van der Waals surface area contributed by atoms with Gasteiger partial charge in [-0.05, 0) is 50.6 Å². The van der Waals surface area contributed by atoms with Crippen LogP contribution in [0, 0.1) is 5.82 Å². The number of benzene rings is 2. The molecule has 180 valence electrons. The first-order valence-corrected chi connectivity index (χ1v) is 11.4. The van der Waals surface area contributed by atoms with E-state index in [1.807, 2.05) is 32.9 Å². The molecule has 1 N–H and O–H groups in total. The Morgan fingerprint density at radius 2 is 1.83 bits per heavy atom. The first kappa shape index (κ1) is 24.0. The molecule has 4 rings (SSSR count). The van der Waals surface area contributed by atoms with E-state index < -0.39 is 29.2 Å². The smallest absolute Gasteiger partial charge is 0.249 e. The minimum absolute atomic E-state index is 0.0137. The number of amides is 2. The molecular formula is C26H27FN6O2. The van der Waals surface area contributed by atoms with Gasteiger partial charge < -0.3 is 5.32 Å². The van der Waals surface area contributed by atoms with Crippen LogP contribution in [0.25, 0.3) is 11.0 Å². The summed E-state index contributed by atoms with van der Waals surface area (Å²) >= 11 is 0. The first-order valence-electron chi connectivity index (χ1n) is 11.4. The maximum absolute atomic E-state index is 15.1. The van der Waals surface area contributed by atoms with Crippen LogP contribution >= 0.6 is 0 Å². The Hall–Kier alpha value is -4.14. The summed E-state index contributed by atoms with van der Waals surface area (Å²) in [4.78, 5) is 32.8. The van der Waals surface area contributed by atoms with Crippen molar-refractivity contribution in [2.45, 2.75) is 45.3 Å². The summed E-state index contributed by atoms with van der Waals surface area (Å²) in [5, 5.41) is 11.2. The number of hydrogen-bond acceptors (Lipinski definition) is 5. The van der Waals surface area contributed by atoms with Crippen LogP contribution in [0.4, 0.5) is 10.1 Å². The van der Waals surface area contributed by atoms with Gasteiger partial charge in [0.25, 0.3) is 0 Å². The molecule has 0 bridgehead atoms. The Morgan fingerprint density at radius 1 is 1.09 bits per heavy atom. The third kappa shape index (κ3) is 5.18. The van der Waals surface area contributed by atoms with Crippen LogP contribution in [0.2, 0.25) is 0 Å². The second kappa shape index (κ2) is 10.0. The lowest BCUT2D eigenvalue weighted by molar-refractivity contribution is -0.128. The molecule has 2 aromatic carbocycles. The zero-order valence-electron chi connectivity index (χ0n) is 19.9. The third-order valence-electron chi connectivity index (χ3n) is 5.94. The van der Waals surface area contributed by atoms with Gasteiger partial charge >= 0.3 is 0 Å². The van der Waals surface area contributed by atoms with E-state index >= 15 is 4.39 Å². The zero-order chi connectivity index (χ0) is 25.0. The first-order chi connectivity index (χ1) is 16.8. The molecule has 2 aromatic heterocycles. The number of pyridine rings is 1. The summed E-state index contributed by atoms with van der Waals surface area (Å²) < 4.78 is 16.5. The Morgan fingerprint density at radius 3 is 2.54 bits per heavy atom. The number of nitrogens with zero attached hydrogens (tertiary/aromatic N) is 5. The van der Waals surface area contributed by atoms with Crippen molar-refractivity contribution in [3.63, 3.8) is 0 Å². The van der Waals surface area contributed by atoms with Crippen molar-refractivity contribution in [2.75, 3.05) is 4.90 Å². The summed E-state index contributed by atoms with van der Waals surface area (Å²) in [6.07, 6.45) is 3.75. The van der Waals surface area contributed by atoms with Crippen LogP contribution in [0.3, 0.4) is 0 Å². The van der Waals surface area contributed by atoms with Crippen LogP contribution in [-0.4, -0.2) is 37.3 Å². The predicted octanol–water partition coefficient (Wildman–Crippen LogP) is 4.04. The van der Waals surface area contributed by atoms with Gasteiger partial charge in [-0.2, -0.15) is 0 Å². The molecule has 0 aliphatic carbocycles. The lowest BCUT2D eigenvalue weighted by Crippen LogP contribution is -2.51. The molecule has 2 heterocycles. The van der Waals surface area contributed by atoms with E-state index in [-0.39, 0.29) is 12.2 Å². The molecule has 35 heavy (non-hydrogen) atoms. The molecule has 4 aromatic rings. The van der Waals surface area contributed by atoms with E-state index in [4.69, 9.17) is 0 Å². The molecule has 0 saturated heterocycles. The number of fused-ring (bicyclic) bond motifs is 1. The molecule has 1 unspecified atom stereocenters. The van der Waals surface area contributed by atoms with Crippen LogP contribution in [0.5, 0.6) is 0 Å². The molecule has 0 spiro atoms. The number of halogens is 1. The van der Waals surface area contributed by atoms with Crippen molar-refractivity contribution in [3.05, 3.63) is 84.4 Å². The number of nitrogens with one attached hydrogen (secondary N) is 1. The van der Waals surface area contributed by atoms with Crippen molar-refractivity contribution < 1.29 is 14.0 Å². The number of aromatic nitrogens is 4. The summed E-state index contributed by atoms with van der Waals surface area (Å²) in [6.45, 7) is 5.50. The lowest BCUT2D eigenvalue weighted by atomic mass is 9.99. The van der Waals surface area contributed by atoms with Crippen molar-refractivity contribution in [3.8, 4) is 0 Å². The number of para-hydroxylation sites is 2. The van der Waals surface area contributed by atoms with Gasteiger partial charge in [0.15, 0.2) is 0 Å². The van der Waals surface area contributed by atoms with Crippen LogP contribution in [0.15, 0.2) is 73.1 Å². The Balaban J connectivity index is 1.82. The van der Waals surface area contributed by atoms with Crippen LogP contribution in [-0.2, 0) is 16.1 Å². The average molecular weight is 475 g/mol.